The Morgan fingerprint density at radius 3 is 2.36 bits per heavy atom. The molecule has 4 nitrogen and oxygen atoms in total. The number of carbonyl (C=O) groups excluding carboxylic acids is 1. The van der Waals surface area contributed by atoms with Crippen molar-refractivity contribution >= 4 is 18.0 Å². The predicted octanol–water partition coefficient (Wildman–Crippen LogP) is 3.25. The summed E-state index contributed by atoms with van der Waals surface area (Å²) < 4.78 is 0. The van der Waals surface area contributed by atoms with Crippen molar-refractivity contribution in [1.82, 2.24) is 10.2 Å². The van der Waals surface area contributed by atoms with Crippen LogP contribution in [0.1, 0.15) is 41.6 Å². The smallest absolute Gasteiger partial charge is 0.150 e. The standard InChI is InChI=1S/C21H31N3O/c1-23(2)12-7-19-15-21(4-3-20(19)16-25)24-13-8-18(9-14-24)17-5-10-22-11-6-17/h3-4,7,12,15-18,22H,5-6,8-11,13-14H2,1-2H3/b12-7-. The van der Waals surface area contributed by atoms with Crippen LogP contribution in [0.15, 0.2) is 24.4 Å². The molecule has 0 saturated carbocycles. The van der Waals surface area contributed by atoms with E-state index in [0.29, 0.717) is 0 Å². The van der Waals surface area contributed by atoms with Crippen molar-refractivity contribution < 1.29 is 4.79 Å². The lowest BCUT2D eigenvalue weighted by molar-refractivity contribution is 0.112. The van der Waals surface area contributed by atoms with Crippen LogP contribution in [0.4, 0.5) is 5.69 Å². The minimum absolute atomic E-state index is 0.756. The third kappa shape index (κ3) is 4.63. The summed E-state index contributed by atoms with van der Waals surface area (Å²) in [6, 6.07) is 6.22. The third-order valence-electron chi connectivity index (χ3n) is 5.70. The van der Waals surface area contributed by atoms with Gasteiger partial charge in [-0.25, -0.2) is 0 Å². The van der Waals surface area contributed by atoms with E-state index in [1.807, 2.05) is 37.3 Å². The molecule has 4 heteroatoms. The molecule has 25 heavy (non-hydrogen) atoms. The second-order valence-corrected chi connectivity index (χ2v) is 7.62. The fourth-order valence-corrected chi connectivity index (χ4v) is 4.18. The summed E-state index contributed by atoms with van der Waals surface area (Å²) in [5.74, 6) is 1.81. The minimum Gasteiger partial charge on any atom is -0.383 e. The summed E-state index contributed by atoms with van der Waals surface area (Å²) in [7, 11) is 3.99. The zero-order valence-electron chi connectivity index (χ0n) is 15.6. The van der Waals surface area contributed by atoms with E-state index in [1.165, 1.54) is 44.5 Å². The van der Waals surface area contributed by atoms with Crippen LogP contribution < -0.4 is 10.2 Å². The van der Waals surface area contributed by atoms with Crippen LogP contribution in [-0.2, 0) is 0 Å². The topological polar surface area (TPSA) is 35.6 Å². The number of aldehydes is 1. The van der Waals surface area contributed by atoms with Crippen molar-refractivity contribution in [3.63, 3.8) is 0 Å². The minimum atomic E-state index is 0.756. The van der Waals surface area contributed by atoms with Gasteiger partial charge in [0.05, 0.1) is 0 Å². The highest BCUT2D eigenvalue weighted by Gasteiger charge is 2.27. The van der Waals surface area contributed by atoms with E-state index in [-0.39, 0.29) is 0 Å². The fourth-order valence-electron chi connectivity index (χ4n) is 4.18. The number of nitrogens with zero attached hydrogens (tertiary/aromatic N) is 2. The summed E-state index contributed by atoms with van der Waals surface area (Å²) >= 11 is 0. The molecule has 0 unspecified atom stereocenters. The first-order chi connectivity index (χ1) is 12.2. The van der Waals surface area contributed by atoms with Gasteiger partial charge in [-0.1, -0.05) is 0 Å². The number of hydrogen-bond acceptors (Lipinski definition) is 4. The molecule has 0 amide bonds. The summed E-state index contributed by atoms with van der Waals surface area (Å²) in [5, 5.41) is 3.48. The third-order valence-corrected chi connectivity index (χ3v) is 5.70. The zero-order chi connectivity index (χ0) is 17.6. The quantitative estimate of drug-likeness (QED) is 0.834. The molecule has 2 heterocycles. The van der Waals surface area contributed by atoms with Crippen molar-refractivity contribution in [2.75, 3.05) is 45.2 Å². The summed E-state index contributed by atoms with van der Waals surface area (Å²) in [6.45, 7) is 4.65. The van der Waals surface area contributed by atoms with Crippen LogP contribution in [0.2, 0.25) is 0 Å². The van der Waals surface area contributed by atoms with Crippen molar-refractivity contribution in [3.05, 3.63) is 35.5 Å². The van der Waals surface area contributed by atoms with Crippen LogP contribution in [0, 0.1) is 11.8 Å². The van der Waals surface area contributed by atoms with E-state index >= 15 is 0 Å². The fraction of sp³-hybridized carbons (Fsp3) is 0.571. The van der Waals surface area contributed by atoms with Crippen LogP contribution in [0.25, 0.3) is 6.08 Å². The van der Waals surface area contributed by atoms with Gasteiger partial charge in [-0.2, -0.15) is 0 Å². The van der Waals surface area contributed by atoms with Crippen LogP contribution in [0.3, 0.4) is 0 Å². The molecule has 3 rings (SSSR count). The Kier molecular flexibility index (Phi) is 6.14. The normalized spacial score (nSPS) is 20.2. The molecule has 2 aliphatic heterocycles. The molecule has 2 fully saturated rings. The number of hydrogen-bond donors (Lipinski definition) is 1. The highest BCUT2D eigenvalue weighted by Crippen LogP contribution is 2.33. The molecule has 1 aromatic rings. The first-order valence-corrected chi connectivity index (χ1v) is 9.57. The molecule has 2 aliphatic rings. The summed E-state index contributed by atoms with van der Waals surface area (Å²) in [4.78, 5) is 15.8. The number of rotatable bonds is 5. The predicted molar refractivity (Wildman–Crippen MR) is 105 cm³/mol. The van der Waals surface area contributed by atoms with Gasteiger partial charge in [0.2, 0.25) is 0 Å². The number of nitrogens with one attached hydrogen (secondary N) is 1. The van der Waals surface area contributed by atoms with Crippen LogP contribution in [-0.4, -0.2) is 51.5 Å². The molecule has 0 radical (unpaired) electrons. The number of anilines is 1. The summed E-state index contributed by atoms with van der Waals surface area (Å²) in [5.41, 5.74) is 3.00. The lowest BCUT2D eigenvalue weighted by atomic mass is 9.79. The molecule has 0 bridgehead atoms. The Hall–Kier alpha value is -1.81. The molecular formula is C21H31N3O. The average Bonchev–Trinajstić information content (AvgIpc) is 2.67. The van der Waals surface area contributed by atoms with Crippen molar-refractivity contribution in [3.8, 4) is 0 Å². The van der Waals surface area contributed by atoms with E-state index in [4.69, 9.17) is 0 Å². The summed E-state index contributed by atoms with van der Waals surface area (Å²) in [6.07, 6.45) is 10.2. The van der Waals surface area contributed by atoms with Gasteiger partial charge in [0.1, 0.15) is 0 Å². The van der Waals surface area contributed by atoms with Gasteiger partial charge in [0.15, 0.2) is 6.29 Å². The Morgan fingerprint density at radius 2 is 1.72 bits per heavy atom. The van der Waals surface area contributed by atoms with Gasteiger partial charge in [0.25, 0.3) is 0 Å². The van der Waals surface area contributed by atoms with Crippen molar-refractivity contribution in [2.45, 2.75) is 25.7 Å². The Bertz CT molecular complexity index is 597. The molecule has 2 saturated heterocycles. The Labute approximate surface area is 151 Å². The molecule has 1 N–H and O–H groups in total. The van der Waals surface area contributed by atoms with E-state index in [0.717, 1.165) is 42.3 Å². The Balaban J connectivity index is 1.66. The zero-order valence-corrected chi connectivity index (χ0v) is 15.6. The SMILES string of the molecule is CN(C)/C=C\c1cc(N2CCC(C3CCNCC3)CC2)ccc1C=O. The van der Waals surface area contributed by atoms with E-state index in [9.17, 15) is 4.79 Å². The van der Waals surface area contributed by atoms with E-state index in [1.54, 1.807) is 0 Å². The van der Waals surface area contributed by atoms with Crippen LogP contribution >= 0.6 is 0 Å². The monoisotopic (exact) mass is 341 g/mol. The van der Waals surface area contributed by atoms with Gasteiger partial charge in [0, 0.05) is 38.4 Å². The second-order valence-electron chi connectivity index (χ2n) is 7.62. The first kappa shape index (κ1) is 18.0. The highest BCUT2D eigenvalue weighted by atomic mass is 16.1. The van der Waals surface area contributed by atoms with Gasteiger partial charge in [-0.15, -0.1) is 0 Å². The van der Waals surface area contributed by atoms with Crippen LogP contribution in [0.5, 0.6) is 0 Å². The van der Waals surface area contributed by atoms with Gasteiger partial charge >= 0.3 is 0 Å². The first-order valence-electron chi connectivity index (χ1n) is 9.57. The molecule has 0 aromatic heterocycles. The maximum Gasteiger partial charge on any atom is 0.150 e. The number of carbonyl (C=O) groups is 1. The van der Waals surface area contributed by atoms with Crippen molar-refractivity contribution in [2.24, 2.45) is 11.8 Å². The molecule has 0 aliphatic carbocycles. The number of benzene rings is 1. The molecule has 0 atom stereocenters. The second kappa shape index (κ2) is 8.52. The Morgan fingerprint density at radius 1 is 1.04 bits per heavy atom. The molecule has 1 aromatic carbocycles. The van der Waals surface area contributed by atoms with E-state index < -0.39 is 0 Å². The molecule has 0 spiro atoms. The lowest BCUT2D eigenvalue weighted by Gasteiger charge is -2.39. The van der Waals surface area contributed by atoms with Gasteiger partial charge < -0.3 is 15.1 Å². The number of piperidine rings is 2. The lowest BCUT2D eigenvalue weighted by Crippen LogP contribution is -2.39. The highest BCUT2D eigenvalue weighted by molar-refractivity contribution is 5.83. The molecule has 136 valence electrons. The maximum absolute atomic E-state index is 11.3. The van der Waals surface area contributed by atoms with Crippen molar-refractivity contribution in [1.29, 1.82) is 0 Å². The molecular weight excluding hydrogens is 310 g/mol. The van der Waals surface area contributed by atoms with Gasteiger partial charge in [-0.05, 0) is 86.6 Å². The van der Waals surface area contributed by atoms with Gasteiger partial charge in [-0.3, -0.25) is 4.79 Å². The average molecular weight is 341 g/mol. The largest absolute Gasteiger partial charge is 0.383 e. The van der Waals surface area contributed by atoms with E-state index in [2.05, 4.69) is 22.3 Å². The maximum atomic E-state index is 11.3.